The molecule has 0 fully saturated rings. The molecular formula is C18H15NO. The first-order chi connectivity index (χ1) is 9.81. The molecular weight excluding hydrogens is 246 g/mol. The number of benzene rings is 1. The van der Waals surface area contributed by atoms with E-state index in [0.717, 1.165) is 29.9 Å². The third-order valence-electron chi connectivity index (χ3n) is 3.26. The number of rotatable bonds is 5. The Bertz CT molecular complexity index is 651. The van der Waals surface area contributed by atoms with Crippen LogP contribution in [-0.2, 0) is 0 Å². The van der Waals surface area contributed by atoms with E-state index in [4.69, 9.17) is 0 Å². The Hall–Kier alpha value is -2.66. The van der Waals surface area contributed by atoms with Crippen molar-refractivity contribution in [2.24, 2.45) is 0 Å². The number of aromatic hydroxyl groups is 1. The van der Waals surface area contributed by atoms with Crippen molar-refractivity contribution < 1.29 is 5.11 Å². The molecule has 0 bridgehead atoms. The predicted molar refractivity (Wildman–Crippen MR) is 81.8 cm³/mol. The second-order valence-electron chi connectivity index (χ2n) is 4.76. The van der Waals surface area contributed by atoms with E-state index in [1.807, 2.05) is 36.4 Å². The van der Waals surface area contributed by atoms with Crippen LogP contribution >= 0.6 is 0 Å². The average Bonchev–Trinajstić information content (AvgIpc) is 3.12. The van der Waals surface area contributed by atoms with Crippen molar-refractivity contribution >= 4 is 5.69 Å². The van der Waals surface area contributed by atoms with E-state index in [-0.39, 0.29) is 5.75 Å². The highest BCUT2D eigenvalue weighted by Gasteiger charge is 2.11. The van der Waals surface area contributed by atoms with Gasteiger partial charge in [0, 0.05) is 16.8 Å². The standard InChI is InChI=1S/C18H15NO/c20-18-11-9-17(10-12-18)19(13-15-5-1-2-6-15)14-16-7-3-4-8-16/h1-5,7,9-12,20H,13-14H2. The third-order valence-corrected chi connectivity index (χ3v) is 3.26. The van der Waals surface area contributed by atoms with E-state index in [2.05, 4.69) is 28.5 Å². The molecule has 1 aromatic carbocycles. The van der Waals surface area contributed by atoms with Crippen molar-refractivity contribution in [1.29, 1.82) is 0 Å². The molecule has 0 saturated carbocycles. The van der Waals surface area contributed by atoms with Crippen molar-refractivity contribution in [3.63, 3.8) is 0 Å². The number of phenols is 1. The quantitative estimate of drug-likeness (QED) is 0.820. The Morgan fingerprint density at radius 2 is 1.40 bits per heavy atom. The minimum absolute atomic E-state index is 0.286. The van der Waals surface area contributed by atoms with Crippen LogP contribution in [0.1, 0.15) is 0 Å². The maximum absolute atomic E-state index is 9.42. The predicted octanol–water partition coefficient (Wildman–Crippen LogP) is 3.50. The molecule has 0 aromatic heterocycles. The zero-order valence-electron chi connectivity index (χ0n) is 11.1. The second kappa shape index (κ2) is 5.54. The highest BCUT2D eigenvalue weighted by atomic mass is 16.3. The molecule has 0 saturated heterocycles. The fraction of sp³-hybridized carbons (Fsp3) is 0.111. The number of hydrogen-bond donors (Lipinski definition) is 1. The van der Waals surface area contributed by atoms with Crippen LogP contribution in [-0.4, -0.2) is 18.2 Å². The molecule has 1 aromatic rings. The molecule has 2 aliphatic rings. The summed E-state index contributed by atoms with van der Waals surface area (Å²) in [7, 11) is 0. The lowest BCUT2D eigenvalue weighted by Crippen LogP contribution is -2.26. The van der Waals surface area contributed by atoms with Gasteiger partial charge in [-0.2, -0.15) is 0 Å². The first-order valence-corrected chi connectivity index (χ1v) is 6.60. The smallest absolute Gasteiger partial charge is 0.115 e. The van der Waals surface area contributed by atoms with Gasteiger partial charge in [0.2, 0.25) is 0 Å². The van der Waals surface area contributed by atoms with Crippen LogP contribution in [0.5, 0.6) is 5.75 Å². The molecule has 0 spiro atoms. The first kappa shape index (κ1) is 12.4. The summed E-state index contributed by atoms with van der Waals surface area (Å²) in [5.74, 6) is 0.286. The molecule has 0 heterocycles. The van der Waals surface area contributed by atoms with E-state index in [9.17, 15) is 5.11 Å². The summed E-state index contributed by atoms with van der Waals surface area (Å²) in [6, 6.07) is 7.29. The Morgan fingerprint density at radius 3 is 1.85 bits per heavy atom. The van der Waals surface area contributed by atoms with E-state index in [1.54, 1.807) is 12.1 Å². The Labute approximate surface area is 118 Å². The van der Waals surface area contributed by atoms with Crippen molar-refractivity contribution in [3.8, 4) is 5.75 Å². The topological polar surface area (TPSA) is 23.5 Å². The summed E-state index contributed by atoms with van der Waals surface area (Å²) in [5, 5.41) is 9.42. The van der Waals surface area contributed by atoms with Gasteiger partial charge in [-0.1, -0.05) is 12.2 Å². The first-order valence-electron chi connectivity index (χ1n) is 6.60. The van der Waals surface area contributed by atoms with Crippen molar-refractivity contribution in [1.82, 2.24) is 0 Å². The zero-order valence-corrected chi connectivity index (χ0v) is 11.1. The molecule has 0 amide bonds. The summed E-state index contributed by atoms with van der Waals surface area (Å²) in [4.78, 5) is 2.25. The molecule has 98 valence electrons. The van der Waals surface area contributed by atoms with Crippen LogP contribution in [0.4, 0.5) is 5.69 Å². The van der Waals surface area contributed by atoms with Gasteiger partial charge in [-0.3, -0.25) is 0 Å². The Morgan fingerprint density at radius 1 is 0.850 bits per heavy atom. The largest absolute Gasteiger partial charge is 0.508 e. The molecule has 1 N–H and O–H groups in total. The fourth-order valence-electron chi connectivity index (χ4n) is 2.24. The second-order valence-corrected chi connectivity index (χ2v) is 4.76. The Kier molecular flexibility index (Phi) is 3.43. The molecule has 2 nitrogen and oxygen atoms in total. The molecule has 3 rings (SSSR count). The van der Waals surface area contributed by atoms with Crippen LogP contribution in [0.2, 0.25) is 0 Å². The summed E-state index contributed by atoms with van der Waals surface area (Å²) >= 11 is 0. The Balaban J connectivity index is 1.84. The molecule has 0 radical (unpaired) electrons. The number of phenolic OH excluding ortho intramolecular Hbond substituents is 1. The van der Waals surface area contributed by atoms with Crippen LogP contribution in [0.25, 0.3) is 0 Å². The van der Waals surface area contributed by atoms with E-state index in [0.29, 0.717) is 0 Å². The highest BCUT2D eigenvalue weighted by Crippen LogP contribution is 2.21. The van der Waals surface area contributed by atoms with Gasteiger partial charge in [0.1, 0.15) is 5.75 Å². The summed E-state index contributed by atoms with van der Waals surface area (Å²) in [6.45, 7) is 1.58. The van der Waals surface area contributed by atoms with Gasteiger partial charge in [0.15, 0.2) is 0 Å². The monoisotopic (exact) mass is 261 g/mol. The minimum Gasteiger partial charge on any atom is -0.508 e. The average molecular weight is 261 g/mol. The van der Waals surface area contributed by atoms with Gasteiger partial charge >= 0.3 is 0 Å². The van der Waals surface area contributed by atoms with Crippen LogP contribution in [0.3, 0.4) is 0 Å². The summed E-state index contributed by atoms with van der Waals surface area (Å²) < 4.78 is 0. The molecule has 20 heavy (non-hydrogen) atoms. The maximum atomic E-state index is 9.42. The van der Waals surface area contributed by atoms with Gasteiger partial charge in [-0.15, -0.1) is 11.5 Å². The van der Waals surface area contributed by atoms with Crippen LogP contribution in [0, 0.1) is 0 Å². The van der Waals surface area contributed by atoms with E-state index >= 15 is 0 Å². The van der Waals surface area contributed by atoms with Crippen molar-refractivity contribution in [3.05, 3.63) is 83.3 Å². The molecule has 0 unspecified atom stereocenters. The number of hydrogen-bond acceptors (Lipinski definition) is 2. The molecule has 2 heteroatoms. The van der Waals surface area contributed by atoms with Crippen LogP contribution < -0.4 is 4.90 Å². The van der Waals surface area contributed by atoms with E-state index in [1.165, 1.54) is 0 Å². The van der Waals surface area contributed by atoms with E-state index < -0.39 is 0 Å². The van der Waals surface area contributed by atoms with Gasteiger partial charge in [-0.05, 0) is 48.6 Å². The zero-order chi connectivity index (χ0) is 13.8. The summed E-state index contributed by atoms with van der Waals surface area (Å²) in [6.07, 6.45) is 12.0. The van der Waals surface area contributed by atoms with Gasteiger partial charge in [0.05, 0.1) is 13.1 Å². The molecule has 0 atom stereocenters. The molecule has 2 aliphatic carbocycles. The molecule has 0 aliphatic heterocycles. The van der Waals surface area contributed by atoms with Crippen molar-refractivity contribution in [2.75, 3.05) is 18.0 Å². The lowest BCUT2D eigenvalue weighted by molar-refractivity contribution is 0.475. The van der Waals surface area contributed by atoms with Crippen LogP contribution in [0.15, 0.2) is 83.3 Å². The third kappa shape index (κ3) is 2.84. The number of allylic oxidation sites excluding steroid dienone is 2. The lowest BCUT2D eigenvalue weighted by Gasteiger charge is -2.24. The lowest BCUT2D eigenvalue weighted by atomic mass is 10.2. The SMILES string of the molecule is Oc1ccc(N(CC2=C=CC=C2)CC2=C=CC=C2)cc1. The van der Waals surface area contributed by atoms with Gasteiger partial charge in [0.25, 0.3) is 0 Å². The van der Waals surface area contributed by atoms with Gasteiger partial charge < -0.3 is 10.0 Å². The highest BCUT2D eigenvalue weighted by molar-refractivity contribution is 5.53. The number of nitrogens with zero attached hydrogens (tertiary/aromatic N) is 1. The fourth-order valence-corrected chi connectivity index (χ4v) is 2.24. The summed E-state index contributed by atoms with van der Waals surface area (Å²) in [5.41, 5.74) is 9.84. The minimum atomic E-state index is 0.286. The van der Waals surface area contributed by atoms with Gasteiger partial charge in [-0.25, -0.2) is 0 Å². The normalized spacial score (nSPS) is 14.8. The maximum Gasteiger partial charge on any atom is 0.115 e. The number of anilines is 1. The van der Waals surface area contributed by atoms with Crippen molar-refractivity contribution in [2.45, 2.75) is 0 Å².